The van der Waals surface area contributed by atoms with Crippen LogP contribution in [0.4, 0.5) is 5.69 Å². The standard InChI is InChI=1S/C22H16ClN3O6/c1-31-20-12-14(13-24-25-21(27)15-3-7-17(23)8-4-15)2-11-19(20)32-22(28)16-5-9-18(10-6-16)26(29)30/h2-13H,1H3,(H,25,27). The number of hydrogen-bond acceptors (Lipinski definition) is 7. The van der Waals surface area contributed by atoms with E-state index < -0.39 is 16.8 Å². The summed E-state index contributed by atoms with van der Waals surface area (Å²) >= 11 is 5.80. The monoisotopic (exact) mass is 453 g/mol. The molecule has 3 aromatic rings. The number of carbonyl (C=O) groups excluding carboxylic acids is 2. The van der Waals surface area contributed by atoms with E-state index in [9.17, 15) is 19.7 Å². The fraction of sp³-hybridized carbons (Fsp3) is 0.0455. The second kappa shape index (κ2) is 10.2. The molecule has 0 saturated carbocycles. The Morgan fingerprint density at radius 3 is 2.28 bits per heavy atom. The molecule has 0 bridgehead atoms. The van der Waals surface area contributed by atoms with Gasteiger partial charge >= 0.3 is 5.97 Å². The van der Waals surface area contributed by atoms with Crippen molar-refractivity contribution in [1.82, 2.24) is 5.43 Å². The van der Waals surface area contributed by atoms with Crippen LogP contribution in [0.15, 0.2) is 71.8 Å². The first-order chi connectivity index (χ1) is 15.4. The molecule has 0 heterocycles. The van der Waals surface area contributed by atoms with Gasteiger partial charge in [0.1, 0.15) is 0 Å². The Labute approximate surface area is 187 Å². The average molecular weight is 454 g/mol. The minimum atomic E-state index is -0.699. The molecule has 1 N–H and O–H groups in total. The zero-order chi connectivity index (χ0) is 23.1. The van der Waals surface area contributed by atoms with Crippen LogP contribution in [-0.2, 0) is 0 Å². The third-order valence-electron chi connectivity index (χ3n) is 4.19. The highest BCUT2D eigenvalue weighted by molar-refractivity contribution is 6.30. The zero-order valence-electron chi connectivity index (χ0n) is 16.7. The van der Waals surface area contributed by atoms with Gasteiger partial charge in [-0.3, -0.25) is 14.9 Å². The summed E-state index contributed by atoms with van der Waals surface area (Å²) in [5.41, 5.74) is 3.39. The van der Waals surface area contributed by atoms with E-state index in [0.717, 1.165) is 0 Å². The van der Waals surface area contributed by atoms with Crippen LogP contribution in [0.25, 0.3) is 0 Å². The SMILES string of the molecule is COc1cc(C=NNC(=O)c2ccc(Cl)cc2)ccc1OC(=O)c1ccc([N+](=O)[O-])cc1. The molecule has 3 rings (SSSR count). The third kappa shape index (κ3) is 5.67. The number of hydrogen-bond donors (Lipinski definition) is 1. The van der Waals surface area contributed by atoms with Gasteiger partial charge in [0.25, 0.3) is 11.6 Å². The molecule has 32 heavy (non-hydrogen) atoms. The fourth-order valence-corrected chi connectivity index (χ4v) is 2.68. The van der Waals surface area contributed by atoms with Gasteiger partial charge in [-0.2, -0.15) is 5.10 Å². The summed E-state index contributed by atoms with van der Waals surface area (Å²) in [6.45, 7) is 0. The van der Waals surface area contributed by atoms with Crippen LogP contribution in [0, 0.1) is 10.1 Å². The quantitative estimate of drug-likeness (QED) is 0.188. The molecule has 0 radical (unpaired) electrons. The van der Waals surface area contributed by atoms with Crippen LogP contribution in [0.2, 0.25) is 5.02 Å². The number of nitro groups is 1. The molecular formula is C22H16ClN3O6. The molecule has 0 atom stereocenters. The smallest absolute Gasteiger partial charge is 0.343 e. The zero-order valence-corrected chi connectivity index (χ0v) is 17.4. The van der Waals surface area contributed by atoms with E-state index in [1.165, 1.54) is 43.7 Å². The van der Waals surface area contributed by atoms with Crippen LogP contribution >= 0.6 is 11.6 Å². The van der Waals surface area contributed by atoms with Crippen molar-refractivity contribution < 1.29 is 24.0 Å². The lowest BCUT2D eigenvalue weighted by Gasteiger charge is -2.10. The number of ether oxygens (including phenoxy) is 2. The number of nitrogens with one attached hydrogen (secondary N) is 1. The van der Waals surface area contributed by atoms with Crippen molar-refractivity contribution in [2.45, 2.75) is 0 Å². The van der Waals surface area contributed by atoms with E-state index in [-0.39, 0.29) is 22.7 Å². The summed E-state index contributed by atoms with van der Waals surface area (Å²) in [6, 6.07) is 16.1. The first-order valence-corrected chi connectivity index (χ1v) is 9.49. The van der Waals surface area contributed by atoms with Crippen molar-refractivity contribution >= 4 is 35.4 Å². The number of non-ortho nitro benzene ring substituents is 1. The van der Waals surface area contributed by atoms with E-state index in [0.29, 0.717) is 16.1 Å². The van der Waals surface area contributed by atoms with E-state index in [1.54, 1.807) is 36.4 Å². The largest absolute Gasteiger partial charge is 0.493 e. The maximum absolute atomic E-state index is 12.3. The summed E-state index contributed by atoms with van der Waals surface area (Å²) in [6.07, 6.45) is 1.40. The Hall–Kier alpha value is -4.24. The maximum atomic E-state index is 12.3. The topological polar surface area (TPSA) is 120 Å². The van der Waals surface area contributed by atoms with Crippen molar-refractivity contribution in [1.29, 1.82) is 0 Å². The highest BCUT2D eigenvalue weighted by Crippen LogP contribution is 2.28. The van der Waals surface area contributed by atoms with Crippen LogP contribution in [-0.4, -0.2) is 30.1 Å². The number of nitrogens with zero attached hydrogens (tertiary/aromatic N) is 2. The van der Waals surface area contributed by atoms with Gasteiger partial charge in [0.05, 0.1) is 23.8 Å². The van der Waals surface area contributed by atoms with Gasteiger partial charge in [-0.05, 0) is 60.2 Å². The minimum Gasteiger partial charge on any atom is -0.493 e. The third-order valence-corrected chi connectivity index (χ3v) is 4.44. The number of nitro benzene ring substituents is 1. The van der Waals surface area contributed by atoms with Crippen molar-refractivity contribution in [3.8, 4) is 11.5 Å². The number of rotatable bonds is 7. The molecule has 10 heteroatoms. The van der Waals surface area contributed by atoms with Crippen molar-refractivity contribution in [3.63, 3.8) is 0 Å². The first-order valence-electron chi connectivity index (χ1n) is 9.11. The molecular weight excluding hydrogens is 438 g/mol. The molecule has 0 spiro atoms. The van der Waals surface area contributed by atoms with E-state index in [1.807, 2.05) is 0 Å². The van der Waals surface area contributed by atoms with Crippen molar-refractivity contribution in [2.24, 2.45) is 5.10 Å². The van der Waals surface area contributed by atoms with E-state index in [4.69, 9.17) is 21.1 Å². The maximum Gasteiger partial charge on any atom is 0.343 e. The second-order valence-electron chi connectivity index (χ2n) is 6.31. The number of benzene rings is 3. The summed E-state index contributed by atoms with van der Waals surface area (Å²) in [5, 5.41) is 15.1. The Bertz CT molecular complexity index is 1180. The number of esters is 1. The van der Waals surface area contributed by atoms with Gasteiger partial charge in [-0.1, -0.05) is 11.6 Å². The molecule has 1 amide bonds. The molecule has 3 aromatic carbocycles. The van der Waals surface area contributed by atoms with Gasteiger partial charge in [0.2, 0.25) is 0 Å². The van der Waals surface area contributed by atoms with Crippen molar-refractivity contribution in [3.05, 3.63) is 98.6 Å². The summed E-state index contributed by atoms with van der Waals surface area (Å²) in [7, 11) is 1.40. The van der Waals surface area contributed by atoms with E-state index >= 15 is 0 Å². The lowest BCUT2D eigenvalue weighted by molar-refractivity contribution is -0.384. The van der Waals surface area contributed by atoms with Gasteiger partial charge < -0.3 is 9.47 Å². The number of amides is 1. The van der Waals surface area contributed by atoms with Crippen LogP contribution in [0.1, 0.15) is 26.3 Å². The summed E-state index contributed by atoms with van der Waals surface area (Å²) in [4.78, 5) is 34.5. The predicted octanol–water partition coefficient (Wildman–Crippen LogP) is 4.24. The highest BCUT2D eigenvalue weighted by atomic mass is 35.5. The molecule has 0 fully saturated rings. The first kappa shape index (κ1) is 22.4. The molecule has 0 unspecified atom stereocenters. The molecule has 0 aromatic heterocycles. The number of methoxy groups -OCH3 is 1. The fourth-order valence-electron chi connectivity index (χ4n) is 2.56. The van der Waals surface area contributed by atoms with Crippen LogP contribution in [0.5, 0.6) is 11.5 Å². The lowest BCUT2D eigenvalue weighted by atomic mass is 10.2. The second-order valence-corrected chi connectivity index (χ2v) is 6.75. The van der Waals surface area contributed by atoms with Crippen LogP contribution in [0.3, 0.4) is 0 Å². The van der Waals surface area contributed by atoms with Gasteiger partial charge in [-0.25, -0.2) is 10.2 Å². The predicted molar refractivity (Wildman–Crippen MR) is 118 cm³/mol. The van der Waals surface area contributed by atoms with Crippen LogP contribution < -0.4 is 14.9 Å². The molecule has 0 aliphatic heterocycles. The Morgan fingerprint density at radius 2 is 1.66 bits per heavy atom. The summed E-state index contributed by atoms with van der Waals surface area (Å²) in [5.74, 6) is -0.695. The van der Waals surface area contributed by atoms with Gasteiger partial charge in [-0.15, -0.1) is 0 Å². The number of halogens is 1. The molecule has 9 nitrogen and oxygen atoms in total. The molecule has 0 saturated heterocycles. The average Bonchev–Trinajstić information content (AvgIpc) is 2.80. The van der Waals surface area contributed by atoms with Gasteiger partial charge in [0.15, 0.2) is 11.5 Å². The van der Waals surface area contributed by atoms with E-state index in [2.05, 4.69) is 10.5 Å². The lowest BCUT2D eigenvalue weighted by Crippen LogP contribution is -2.17. The number of carbonyl (C=O) groups is 2. The minimum absolute atomic E-state index is 0.133. The molecule has 162 valence electrons. The number of hydrazone groups is 1. The van der Waals surface area contributed by atoms with Gasteiger partial charge in [0, 0.05) is 22.7 Å². The normalized spacial score (nSPS) is 10.6. The van der Waals surface area contributed by atoms with Crippen molar-refractivity contribution in [2.75, 3.05) is 7.11 Å². The molecule has 0 aliphatic rings. The Balaban J connectivity index is 1.66. The Morgan fingerprint density at radius 1 is 1.00 bits per heavy atom. The summed E-state index contributed by atoms with van der Waals surface area (Å²) < 4.78 is 10.6. The Kier molecular flexibility index (Phi) is 7.14. The highest BCUT2D eigenvalue weighted by Gasteiger charge is 2.14. The molecule has 0 aliphatic carbocycles.